The third kappa shape index (κ3) is 6.35. The minimum atomic E-state index is -4.58. The Morgan fingerprint density at radius 3 is 2.82 bits per heavy atom. The molecule has 2 aromatic heterocycles. The molecule has 0 saturated carbocycles. The fourth-order valence-corrected chi connectivity index (χ4v) is 7.18. The number of fused-ring (bicyclic) bond motifs is 1. The van der Waals surface area contributed by atoms with Crippen molar-refractivity contribution in [1.82, 2.24) is 14.9 Å². The predicted molar refractivity (Wildman–Crippen MR) is 150 cm³/mol. The molecule has 1 saturated heterocycles. The Balaban J connectivity index is 1.41. The highest BCUT2D eigenvalue weighted by molar-refractivity contribution is 7.99. The Kier molecular flexibility index (Phi) is 8.67. The first-order valence-corrected chi connectivity index (χ1v) is 14.8. The van der Waals surface area contributed by atoms with E-state index < -0.39 is 11.7 Å². The van der Waals surface area contributed by atoms with Crippen LogP contribution < -0.4 is 10.2 Å². The molecule has 0 aliphatic carbocycles. The van der Waals surface area contributed by atoms with E-state index in [1.54, 1.807) is 17.8 Å². The van der Waals surface area contributed by atoms with Crippen molar-refractivity contribution in [3.8, 4) is 10.6 Å². The Bertz CT molecular complexity index is 1280. The zero-order chi connectivity index (χ0) is 27.6. The van der Waals surface area contributed by atoms with Crippen molar-refractivity contribution in [2.45, 2.75) is 44.0 Å². The van der Waals surface area contributed by atoms with Gasteiger partial charge in [-0.15, -0.1) is 23.1 Å². The van der Waals surface area contributed by atoms with Crippen molar-refractivity contribution in [3.63, 3.8) is 0 Å². The van der Waals surface area contributed by atoms with Crippen molar-refractivity contribution in [1.29, 1.82) is 0 Å². The third-order valence-electron chi connectivity index (χ3n) is 7.05. The molecular formula is C27H32F3N5O2S2. The predicted octanol–water partition coefficient (Wildman–Crippen LogP) is 5.66. The maximum absolute atomic E-state index is 13.9. The fourth-order valence-electron chi connectivity index (χ4n) is 4.97. The van der Waals surface area contributed by atoms with E-state index in [0.29, 0.717) is 30.7 Å². The fraction of sp³-hybridized carbons (Fsp3) is 0.481. The van der Waals surface area contributed by atoms with Gasteiger partial charge in [-0.1, -0.05) is 6.92 Å². The number of β-amino-alcohol motifs (C(OH)–C–C–N with tert-alkyl or cyclic N) is 1. The second kappa shape index (κ2) is 12.0. The quantitative estimate of drug-likeness (QED) is 0.372. The molecule has 0 bridgehead atoms. The highest BCUT2D eigenvalue weighted by atomic mass is 32.2. The van der Waals surface area contributed by atoms with Gasteiger partial charge in [0.15, 0.2) is 0 Å². The number of thioether (sulfide) groups is 1. The highest BCUT2D eigenvalue weighted by Crippen LogP contribution is 2.43. The second-order valence-corrected chi connectivity index (χ2v) is 11.9. The average Bonchev–Trinajstić information content (AvgIpc) is 3.19. The number of nitrogens with one attached hydrogen (secondary N) is 1. The van der Waals surface area contributed by atoms with Crippen LogP contribution in [0, 0.1) is 0 Å². The summed E-state index contributed by atoms with van der Waals surface area (Å²) in [5, 5.41) is 12.5. The van der Waals surface area contributed by atoms with Crippen molar-refractivity contribution in [3.05, 3.63) is 46.5 Å². The number of hydrogen-bond acceptors (Lipinski definition) is 9. The number of piperazine rings is 1. The molecule has 1 aromatic carbocycles. The van der Waals surface area contributed by atoms with Crippen LogP contribution in [-0.4, -0.2) is 71.2 Å². The molecule has 0 amide bonds. The van der Waals surface area contributed by atoms with E-state index in [9.17, 15) is 18.3 Å². The van der Waals surface area contributed by atoms with Gasteiger partial charge in [0.1, 0.15) is 5.56 Å². The molecule has 5 rings (SSSR count). The van der Waals surface area contributed by atoms with E-state index in [2.05, 4.69) is 38.1 Å². The molecule has 12 heteroatoms. The number of thiophene rings is 1. The number of rotatable bonds is 7. The number of aliphatic hydroxyl groups is 1. The van der Waals surface area contributed by atoms with E-state index in [4.69, 9.17) is 4.74 Å². The van der Waals surface area contributed by atoms with Gasteiger partial charge in [-0.25, -0.2) is 9.97 Å². The largest absolute Gasteiger partial charge is 0.420 e. The normalized spacial score (nSPS) is 18.6. The number of aryl methyl sites for hydroxylation is 1. The van der Waals surface area contributed by atoms with Crippen LogP contribution in [-0.2, 0) is 23.9 Å². The van der Waals surface area contributed by atoms with Crippen molar-refractivity contribution < 1.29 is 23.0 Å². The van der Waals surface area contributed by atoms with Crippen LogP contribution in [0.15, 0.2) is 35.4 Å². The molecule has 2 aliphatic heterocycles. The van der Waals surface area contributed by atoms with Gasteiger partial charge < -0.3 is 20.1 Å². The van der Waals surface area contributed by atoms with E-state index >= 15 is 0 Å². The molecule has 1 unspecified atom stereocenters. The molecule has 2 N–H and O–H groups in total. The molecule has 39 heavy (non-hydrogen) atoms. The molecule has 210 valence electrons. The van der Waals surface area contributed by atoms with Gasteiger partial charge in [-0.2, -0.15) is 13.2 Å². The molecule has 2 aliphatic rings. The van der Waals surface area contributed by atoms with Gasteiger partial charge in [0.05, 0.1) is 30.4 Å². The van der Waals surface area contributed by atoms with Crippen molar-refractivity contribution in [2.24, 2.45) is 0 Å². The van der Waals surface area contributed by atoms with Crippen LogP contribution >= 0.6 is 23.1 Å². The van der Waals surface area contributed by atoms with Crippen molar-refractivity contribution in [2.75, 3.05) is 55.4 Å². The molecule has 1 fully saturated rings. The summed E-state index contributed by atoms with van der Waals surface area (Å²) < 4.78 is 47.4. The topological polar surface area (TPSA) is 73.8 Å². The van der Waals surface area contributed by atoms with Gasteiger partial charge in [0.25, 0.3) is 0 Å². The Labute approximate surface area is 234 Å². The molecule has 0 spiro atoms. The van der Waals surface area contributed by atoms with Crippen molar-refractivity contribution >= 4 is 40.4 Å². The number of nitrogens with zero attached hydrogens (tertiary/aromatic N) is 4. The Morgan fingerprint density at radius 1 is 1.23 bits per heavy atom. The SMILES string of the molecule is CCc1cc(N2CCN(CCO)C(C)C2)ccc1Nc1ncc(C(F)(F)F)c(-c2cc3c(s2)COCCS3)n1. The lowest BCUT2D eigenvalue weighted by Gasteiger charge is -2.41. The first-order chi connectivity index (χ1) is 18.8. The summed E-state index contributed by atoms with van der Waals surface area (Å²) in [7, 11) is 0. The molecule has 7 nitrogen and oxygen atoms in total. The second-order valence-electron chi connectivity index (χ2n) is 9.63. The minimum absolute atomic E-state index is 0.122. The van der Waals surface area contributed by atoms with E-state index in [1.165, 1.54) is 11.3 Å². The first-order valence-electron chi connectivity index (χ1n) is 13.0. The number of halogens is 3. The van der Waals surface area contributed by atoms with E-state index in [0.717, 1.165) is 64.7 Å². The Morgan fingerprint density at radius 2 is 2.08 bits per heavy atom. The zero-order valence-electron chi connectivity index (χ0n) is 21.9. The average molecular weight is 580 g/mol. The summed E-state index contributed by atoms with van der Waals surface area (Å²) in [4.78, 5) is 15.4. The summed E-state index contributed by atoms with van der Waals surface area (Å²) in [6.45, 7) is 8.64. The molecule has 4 heterocycles. The minimum Gasteiger partial charge on any atom is -0.395 e. The van der Waals surface area contributed by atoms with Gasteiger partial charge in [0.2, 0.25) is 5.95 Å². The lowest BCUT2D eigenvalue weighted by atomic mass is 10.1. The number of anilines is 3. The smallest absolute Gasteiger partial charge is 0.395 e. The number of alkyl halides is 3. The van der Waals surface area contributed by atoms with Crippen LogP contribution in [0.3, 0.4) is 0 Å². The number of benzene rings is 1. The van der Waals surface area contributed by atoms with Gasteiger partial charge in [-0.3, -0.25) is 4.90 Å². The lowest BCUT2D eigenvalue weighted by molar-refractivity contribution is -0.137. The first kappa shape index (κ1) is 28.2. The van der Waals surface area contributed by atoms with Gasteiger partial charge in [0, 0.05) is 65.3 Å². The highest BCUT2D eigenvalue weighted by Gasteiger charge is 2.36. The van der Waals surface area contributed by atoms with Crippen LogP contribution in [0.25, 0.3) is 10.6 Å². The van der Waals surface area contributed by atoms with E-state index in [-0.39, 0.29) is 18.2 Å². The number of hydrogen-bond donors (Lipinski definition) is 2. The summed E-state index contributed by atoms with van der Waals surface area (Å²) >= 11 is 2.88. The van der Waals surface area contributed by atoms with Crippen LogP contribution in [0.5, 0.6) is 0 Å². The lowest BCUT2D eigenvalue weighted by Crippen LogP contribution is -2.52. The standard InChI is InChI=1S/C27H32F3N5O2S2/c1-3-18-12-19(35-7-6-34(8-9-36)17(2)15-35)4-5-21(18)32-26-31-14-20(27(28,29)30)25(33-26)23-13-22-24(39-23)16-37-10-11-38-22/h4-5,12-14,17,36H,3,6-11,15-16H2,1-2H3,(H,31,32,33). The van der Waals surface area contributed by atoms with Crippen LogP contribution in [0.1, 0.15) is 29.9 Å². The Hall–Kier alpha value is -2.38. The summed E-state index contributed by atoms with van der Waals surface area (Å²) in [6.07, 6.45) is -2.97. The number of ether oxygens (including phenoxy) is 1. The molecule has 0 radical (unpaired) electrons. The maximum atomic E-state index is 13.9. The monoisotopic (exact) mass is 579 g/mol. The van der Waals surface area contributed by atoms with E-state index in [1.807, 2.05) is 19.1 Å². The van der Waals surface area contributed by atoms with Crippen LogP contribution in [0.2, 0.25) is 0 Å². The van der Waals surface area contributed by atoms with Gasteiger partial charge >= 0.3 is 6.18 Å². The van der Waals surface area contributed by atoms with Crippen LogP contribution in [0.4, 0.5) is 30.5 Å². The molecular weight excluding hydrogens is 547 g/mol. The summed E-state index contributed by atoms with van der Waals surface area (Å²) in [5.41, 5.74) is 1.92. The van der Waals surface area contributed by atoms with Gasteiger partial charge in [-0.05, 0) is 43.2 Å². The molecule has 1 atom stereocenters. The summed E-state index contributed by atoms with van der Waals surface area (Å²) in [5.74, 6) is 0.887. The third-order valence-corrected chi connectivity index (χ3v) is 9.34. The summed E-state index contributed by atoms with van der Waals surface area (Å²) in [6, 6.07) is 8.20. The maximum Gasteiger partial charge on any atom is 0.420 e. The number of aromatic nitrogens is 2. The zero-order valence-corrected chi connectivity index (χ0v) is 23.6. The molecule has 3 aromatic rings. The number of aliphatic hydroxyl groups excluding tert-OH is 1.